The predicted molar refractivity (Wildman–Crippen MR) is 123 cm³/mol. The minimum atomic E-state index is 0. The van der Waals surface area contributed by atoms with Gasteiger partial charge in [-0.1, -0.05) is 39.0 Å². The van der Waals surface area contributed by atoms with Gasteiger partial charge in [0.2, 0.25) is 0 Å². The van der Waals surface area contributed by atoms with Gasteiger partial charge >= 0.3 is 0 Å². The van der Waals surface area contributed by atoms with E-state index in [1.165, 1.54) is 76.2 Å². The van der Waals surface area contributed by atoms with Crippen LogP contribution >= 0.6 is 0 Å². The first-order valence-corrected chi connectivity index (χ1v) is 11.8. The third kappa shape index (κ3) is 3.44. The molecule has 160 valence electrons. The lowest BCUT2D eigenvalue weighted by atomic mass is 9.43. The highest BCUT2D eigenvalue weighted by Gasteiger charge is 2.60. The quantitative estimate of drug-likeness (QED) is 0.497. The second-order valence-electron chi connectivity index (χ2n) is 11.5. The third-order valence-corrected chi connectivity index (χ3v) is 10.0. The van der Waals surface area contributed by atoms with Gasteiger partial charge in [0.25, 0.3) is 0 Å². The van der Waals surface area contributed by atoms with Crippen LogP contribution in [0.3, 0.4) is 0 Å². The molecule has 4 aliphatic carbocycles. The molecule has 4 fully saturated rings. The largest absolute Gasteiger partial charge is 0.328 e. The van der Waals surface area contributed by atoms with E-state index in [0.717, 1.165) is 29.6 Å². The molecular formula is C27H47N. The van der Waals surface area contributed by atoms with Crippen molar-refractivity contribution in [2.75, 3.05) is 0 Å². The average molecular weight is 386 g/mol. The molecule has 0 heterocycles. The maximum atomic E-state index is 6.37. The molecule has 2 N–H and O–H groups in total. The molecule has 8 atom stereocenters. The zero-order valence-electron chi connectivity index (χ0n) is 18.2. The van der Waals surface area contributed by atoms with Crippen molar-refractivity contribution in [3.8, 4) is 0 Å². The summed E-state index contributed by atoms with van der Waals surface area (Å²) >= 11 is 0. The summed E-state index contributed by atoms with van der Waals surface area (Å²) < 4.78 is 0. The molecule has 4 rings (SSSR count). The summed E-state index contributed by atoms with van der Waals surface area (Å²) in [5.41, 5.74) is 10.4. The molecule has 4 saturated carbocycles. The third-order valence-electron chi connectivity index (χ3n) is 10.0. The van der Waals surface area contributed by atoms with E-state index in [1.807, 2.05) is 0 Å². The summed E-state index contributed by atoms with van der Waals surface area (Å²) in [5, 5.41) is 0. The lowest BCUT2D eigenvalue weighted by Gasteiger charge is -2.61. The van der Waals surface area contributed by atoms with Crippen LogP contribution in [-0.2, 0) is 0 Å². The molecule has 0 aromatic carbocycles. The van der Waals surface area contributed by atoms with Gasteiger partial charge in [-0.05, 0) is 118 Å². The smallest absolute Gasteiger partial charge is 0.00419 e. The Morgan fingerprint density at radius 1 is 1.07 bits per heavy atom. The second-order valence-corrected chi connectivity index (χ2v) is 11.5. The van der Waals surface area contributed by atoms with Gasteiger partial charge in [-0.15, -0.1) is 6.58 Å². The summed E-state index contributed by atoms with van der Waals surface area (Å²) in [6, 6.07) is 0.436. The van der Waals surface area contributed by atoms with Crippen molar-refractivity contribution in [2.24, 2.45) is 46.2 Å². The Labute approximate surface area is 175 Å². The summed E-state index contributed by atoms with van der Waals surface area (Å²) in [6.07, 6.45) is 14.9. The van der Waals surface area contributed by atoms with Crippen LogP contribution in [0, 0.1) is 40.4 Å². The van der Waals surface area contributed by atoms with E-state index in [9.17, 15) is 0 Å². The Morgan fingerprint density at radius 2 is 1.75 bits per heavy atom. The molecule has 0 aliphatic heterocycles. The van der Waals surface area contributed by atoms with Crippen LogP contribution in [0.25, 0.3) is 0 Å². The van der Waals surface area contributed by atoms with Gasteiger partial charge in [0.15, 0.2) is 0 Å². The van der Waals surface area contributed by atoms with Crippen LogP contribution in [0.2, 0.25) is 0 Å². The number of nitrogens with two attached hydrogens (primary N) is 1. The monoisotopic (exact) mass is 385 g/mol. The Bertz CT molecular complexity index is 605. The highest BCUT2D eigenvalue weighted by molar-refractivity contribution is 5.21. The van der Waals surface area contributed by atoms with Gasteiger partial charge in [-0.2, -0.15) is 0 Å². The molecular weight excluding hydrogens is 338 g/mol. The summed E-state index contributed by atoms with van der Waals surface area (Å²) in [5.74, 6) is 4.30. The van der Waals surface area contributed by atoms with Crippen LogP contribution < -0.4 is 5.73 Å². The van der Waals surface area contributed by atoms with E-state index < -0.39 is 0 Å². The van der Waals surface area contributed by atoms with Crippen LogP contribution in [0.5, 0.6) is 0 Å². The van der Waals surface area contributed by atoms with Crippen LogP contribution in [0.1, 0.15) is 98.8 Å². The van der Waals surface area contributed by atoms with Gasteiger partial charge in [0.1, 0.15) is 0 Å². The Morgan fingerprint density at radius 3 is 2.46 bits per heavy atom. The maximum Gasteiger partial charge on any atom is 0.00419 e. The number of allylic oxidation sites excluding steroid dienone is 2. The summed E-state index contributed by atoms with van der Waals surface area (Å²) in [4.78, 5) is 0. The van der Waals surface area contributed by atoms with Crippen LogP contribution in [0.15, 0.2) is 24.3 Å². The van der Waals surface area contributed by atoms with E-state index in [4.69, 9.17) is 12.3 Å². The van der Waals surface area contributed by atoms with E-state index >= 15 is 0 Å². The summed E-state index contributed by atoms with van der Waals surface area (Å²) in [6.45, 7) is 16.3. The fourth-order valence-electron chi connectivity index (χ4n) is 8.39. The maximum absolute atomic E-state index is 6.37. The van der Waals surface area contributed by atoms with E-state index in [1.54, 1.807) is 5.57 Å². The second kappa shape index (κ2) is 7.93. The molecule has 1 nitrogen and oxygen atoms in total. The first-order chi connectivity index (χ1) is 12.8. The van der Waals surface area contributed by atoms with Crippen molar-refractivity contribution < 1.29 is 0 Å². The van der Waals surface area contributed by atoms with Gasteiger partial charge in [-0.25, -0.2) is 0 Å². The van der Waals surface area contributed by atoms with Crippen LogP contribution in [0.4, 0.5) is 0 Å². The fraction of sp³-hybridized carbons (Fsp3) is 0.852. The molecule has 0 aromatic rings. The van der Waals surface area contributed by atoms with Gasteiger partial charge < -0.3 is 5.73 Å². The standard InChI is InChI=1S/C26H43N.CH4/c1-17(2)7-6-8-19-9-10-22-24-18(3)15-20-16-21(27)11-13-26(20,5)23(24)12-14-25(19,22)4;/h19-24H,1,3,6-16,27H2,2,4-5H3;1H4. The topological polar surface area (TPSA) is 26.0 Å². The van der Waals surface area contributed by atoms with E-state index in [2.05, 4.69) is 27.4 Å². The molecule has 0 bridgehead atoms. The van der Waals surface area contributed by atoms with E-state index in [-0.39, 0.29) is 7.43 Å². The molecule has 1 heteroatoms. The SMILES string of the molecule is C.C=C(C)CCCC1CCC2C3C(=C)CC4CC(N)CCC4(C)C3CCC12C. The average Bonchev–Trinajstić information content (AvgIpc) is 2.93. The Balaban J connectivity index is 0.00000225. The zero-order valence-corrected chi connectivity index (χ0v) is 18.2. The Kier molecular flexibility index (Phi) is 6.27. The van der Waals surface area contributed by atoms with Crippen molar-refractivity contribution in [3.63, 3.8) is 0 Å². The molecule has 8 unspecified atom stereocenters. The number of fused-ring (bicyclic) bond motifs is 5. The molecule has 0 saturated heterocycles. The highest BCUT2D eigenvalue weighted by Crippen LogP contribution is 2.68. The van der Waals surface area contributed by atoms with Crippen molar-refractivity contribution in [3.05, 3.63) is 24.3 Å². The van der Waals surface area contributed by atoms with Crippen molar-refractivity contribution in [1.29, 1.82) is 0 Å². The van der Waals surface area contributed by atoms with Gasteiger partial charge in [0.05, 0.1) is 0 Å². The normalized spacial score (nSPS) is 47.5. The first kappa shape index (κ1) is 22.1. The molecule has 0 amide bonds. The minimum Gasteiger partial charge on any atom is -0.328 e. The number of rotatable bonds is 4. The first-order valence-electron chi connectivity index (χ1n) is 11.8. The highest BCUT2D eigenvalue weighted by atomic mass is 14.7. The molecule has 0 aromatic heterocycles. The number of hydrogen-bond donors (Lipinski definition) is 1. The van der Waals surface area contributed by atoms with Gasteiger partial charge in [-0.3, -0.25) is 0 Å². The molecule has 0 radical (unpaired) electrons. The van der Waals surface area contributed by atoms with Gasteiger partial charge in [0, 0.05) is 6.04 Å². The predicted octanol–water partition coefficient (Wildman–Crippen LogP) is 7.52. The number of hydrogen-bond acceptors (Lipinski definition) is 1. The lowest BCUT2D eigenvalue weighted by molar-refractivity contribution is -0.0882. The fourth-order valence-corrected chi connectivity index (χ4v) is 8.39. The van der Waals surface area contributed by atoms with Crippen molar-refractivity contribution in [1.82, 2.24) is 0 Å². The van der Waals surface area contributed by atoms with Crippen LogP contribution in [-0.4, -0.2) is 6.04 Å². The van der Waals surface area contributed by atoms with E-state index in [0.29, 0.717) is 16.9 Å². The minimum absolute atomic E-state index is 0. The lowest BCUT2D eigenvalue weighted by Crippen LogP contribution is -2.55. The molecule has 28 heavy (non-hydrogen) atoms. The molecule has 4 aliphatic rings. The Hall–Kier alpha value is -0.560. The molecule has 0 spiro atoms. The van der Waals surface area contributed by atoms with Crippen molar-refractivity contribution >= 4 is 0 Å². The summed E-state index contributed by atoms with van der Waals surface area (Å²) in [7, 11) is 0. The zero-order chi connectivity index (χ0) is 19.4. The van der Waals surface area contributed by atoms with Crippen molar-refractivity contribution in [2.45, 2.75) is 105 Å².